The number of hydrogen-bond donors (Lipinski definition) is 2. The summed E-state index contributed by atoms with van der Waals surface area (Å²) in [6, 6.07) is 16.4. The molecular formula is C32H14Cl4N8O8S4. The van der Waals surface area contributed by atoms with E-state index in [1.54, 1.807) is 0 Å². The molecule has 2 aliphatic heterocycles. The monoisotopic (exact) mass is 906 g/mol. The first-order valence-corrected chi connectivity index (χ1v) is 24.7. The van der Waals surface area contributed by atoms with Gasteiger partial charge in [0.1, 0.15) is 22.6 Å². The van der Waals surface area contributed by atoms with E-state index in [-0.39, 0.29) is 99.5 Å². The Kier molecular flexibility index (Phi) is 8.12. The van der Waals surface area contributed by atoms with Gasteiger partial charge in [-0.05, 0) is 24.3 Å². The molecule has 16 nitrogen and oxygen atoms in total. The van der Waals surface area contributed by atoms with Gasteiger partial charge in [0.25, 0.3) is 36.2 Å². The first-order chi connectivity index (χ1) is 26.3. The van der Waals surface area contributed by atoms with E-state index in [9.17, 15) is 33.7 Å². The summed E-state index contributed by atoms with van der Waals surface area (Å²) in [6.45, 7) is 0. The molecule has 24 heteroatoms. The van der Waals surface area contributed by atoms with E-state index in [0.717, 1.165) is 0 Å². The van der Waals surface area contributed by atoms with Crippen LogP contribution in [0.3, 0.4) is 0 Å². The second-order valence-corrected chi connectivity index (χ2v) is 22.2. The van der Waals surface area contributed by atoms with Crippen LogP contribution in [0.5, 0.6) is 0 Å². The Hall–Kier alpha value is -4.80. The summed E-state index contributed by atoms with van der Waals surface area (Å²) in [6.07, 6.45) is 0. The summed E-state index contributed by atoms with van der Waals surface area (Å²) in [5.74, 6) is -0.823. The molecule has 9 rings (SSSR count). The number of H-pyrrole nitrogens is 2. The predicted octanol–water partition coefficient (Wildman–Crippen LogP) is 6.58. The Balaban J connectivity index is 1.58. The van der Waals surface area contributed by atoms with Crippen molar-refractivity contribution in [2.24, 2.45) is 0 Å². The Morgan fingerprint density at radius 1 is 0.375 bits per heavy atom. The van der Waals surface area contributed by atoms with E-state index in [1.165, 1.54) is 72.8 Å². The molecule has 0 atom stereocenters. The van der Waals surface area contributed by atoms with Gasteiger partial charge in [0, 0.05) is 75.4 Å². The number of aromatic nitrogens is 8. The Bertz CT molecular complexity index is 3380. The van der Waals surface area contributed by atoms with Crippen LogP contribution in [0, 0.1) is 0 Å². The number of fused-ring (bicyclic) bond motifs is 20. The largest absolute Gasteiger partial charge is 0.324 e. The summed E-state index contributed by atoms with van der Waals surface area (Å²) >= 11 is 0. The van der Waals surface area contributed by atoms with Crippen molar-refractivity contribution in [3.8, 4) is 45.6 Å². The molecule has 8 bridgehead atoms. The molecular weight excluding hydrogens is 894 g/mol. The highest BCUT2D eigenvalue weighted by atomic mass is 35.7. The van der Waals surface area contributed by atoms with Gasteiger partial charge in [-0.3, -0.25) is 0 Å². The molecule has 4 aromatic carbocycles. The van der Waals surface area contributed by atoms with Crippen LogP contribution in [0.1, 0.15) is 0 Å². The molecule has 2 aliphatic rings. The van der Waals surface area contributed by atoms with E-state index in [0.29, 0.717) is 0 Å². The lowest BCUT2D eigenvalue weighted by molar-refractivity contribution is 0.608. The van der Waals surface area contributed by atoms with Gasteiger partial charge >= 0.3 is 0 Å². The lowest BCUT2D eigenvalue weighted by Gasteiger charge is -2.04. The van der Waals surface area contributed by atoms with Gasteiger partial charge in [-0.2, -0.15) is 0 Å². The quantitative estimate of drug-likeness (QED) is 0.177. The molecule has 0 spiro atoms. The van der Waals surface area contributed by atoms with Crippen LogP contribution in [0.4, 0.5) is 0 Å². The summed E-state index contributed by atoms with van der Waals surface area (Å²) < 4.78 is 103. The van der Waals surface area contributed by atoms with Gasteiger partial charge in [-0.1, -0.05) is 48.5 Å². The molecule has 0 unspecified atom stereocenters. The molecule has 0 saturated heterocycles. The van der Waals surface area contributed by atoms with Crippen molar-refractivity contribution in [2.45, 2.75) is 19.6 Å². The molecule has 3 aromatic heterocycles. The third kappa shape index (κ3) is 5.90. The molecule has 2 N–H and O–H groups in total. The SMILES string of the molecule is O=S(=O)(Cl)c1cccc2c1-c1nc-2nc2[nH]c(nc3nc(nc4[nH]c(n1)c1cccc(S(=O)(=O)Cl)c41)-c1cccc(S(=O)(=O)Cl)c1-3)c1cccc(S(=O)(=O)Cl)c21. The number of hydrogen-bond acceptors (Lipinski definition) is 14. The Labute approximate surface area is 332 Å². The second-order valence-electron chi connectivity index (χ2n) is 12.1. The van der Waals surface area contributed by atoms with Gasteiger partial charge in [0.2, 0.25) is 0 Å². The average molecular weight is 909 g/mol. The van der Waals surface area contributed by atoms with Gasteiger partial charge in [0.15, 0.2) is 23.3 Å². The maximum Gasteiger partial charge on any atom is 0.262 e. The third-order valence-corrected chi connectivity index (χ3v) is 14.3. The van der Waals surface area contributed by atoms with Crippen LogP contribution < -0.4 is 0 Å². The van der Waals surface area contributed by atoms with Crippen LogP contribution in [0.15, 0.2) is 92.4 Å². The molecule has 5 heterocycles. The number of nitrogens with zero attached hydrogens (tertiary/aromatic N) is 6. The maximum absolute atomic E-state index is 12.9. The van der Waals surface area contributed by atoms with Crippen molar-refractivity contribution >= 4 is 123 Å². The van der Waals surface area contributed by atoms with E-state index >= 15 is 0 Å². The molecule has 7 aromatic rings. The minimum absolute atomic E-state index is 0.0540. The fraction of sp³-hybridized carbons (Fsp3) is 0. The smallest absolute Gasteiger partial charge is 0.262 e. The zero-order chi connectivity index (χ0) is 39.7. The summed E-state index contributed by atoms with van der Waals surface area (Å²) in [4.78, 5) is 32.0. The highest BCUT2D eigenvalue weighted by Gasteiger charge is 2.31. The van der Waals surface area contributed by atoms with Crippen molar-refractivity contribution in [1.29, 1.82) is 0 Å². The van der Waals surface area contributed by atoms with Crippen LogP contribution in [-0.4, -0.2) is 73.5 Å². The van der Waals surface area contributed by atoms with Crippen LogP contribution >= 0.6 is 42.7 Å². The first kappa shape index (κ1) is 36.8. The molecule has 0 fully saturated rings. The molecule has 0 aliphatic carbocycles. The topological polar surface area (TPSA) is 245 Å². The first-order valence-electron chi connectivity index (χ1n) is 15.4. The molecule has 0 amide bonds. The van der Waals surface area contributed by atoms with Crippen LogP contribution in [-0.2, 0) is 36.2 Å². The highest BCUT2D eigenvalue weighted by molar-refractivity contribution is 8.14. The third-order valence-electron chi connectivity index (χ3n) is 8.84. The van der Waals surface area contributed by atoms with Gasteiger partial charge in [0.05, 0.1) is 30.7 Å². The zero-order valence-electron chi connectivity index (χ0n) is 27.0. The van der Waals surface area contributed by atoms with E-state index in [1.807, 2.05) is 0 Å². The molecule has 56 heavy (non-hydrogen) atoms. The Morgan fingerprint density at radius 3 is 1.05 bits per heavy atom. The predicted molar refractivity (Wildman–Crippen MR) is 208 cm³/mol. The van der Waals surface area contributed by atoms with Crippen LogP contribution in [0.2, 0.25) is 0 Å². The maximum atomic E-state index is 12.9. The number of benzene rings is 4. The normalized spacial score (nSPS) is 13.2. The number of aromatic amines is 2. The van der Waals surface area contributed by atoms with Gasteiger partial charge in [-0.25, -0.2) is 63.6 Å². The minimum Gasteiger partial charge on any atom is -0.324 e. The minimum atomic E-state index is -4.46. The van der Waals surface area contributed by atoms with Crippen molar-refractivity contribution in [1.82, 2.24) is 39.9 Å². The summed E-state index contributed by atoms with van der Waals surface area (Å²) in [7, 11) is 5.75. The van der Waals surface area contributed by atoms with E-state index in [4.69, 9.17) is 42.7 Å². The number of halogens is 4. The standard InChI is InChI=1S/C32H14Cl4N8O8S4/c33-53(45,46)17-9-1-5-13-21(17)29-37-25(13)41-30-22-14(6-2-10-18(22)54(34,47)48)27(38-30)43-32-24-16(8-4-12-20(24)56(36,51)52)28(40-32)44-31-23-15(26(39-31)42-29)7-3-11-19(23)55(35,49)50/h1-12H,(H2,37,38,39,40,41,42,43,44). The lowest BCUT2D eigenvalue weighted by Crippen LogP contribution is -1.95. The van der Waals surface area contributed by atoms with Gasteiger partial charge < -0.3 is 9.97 Å². The lowest BCUT2D eigenvalue weighted by atomic mass is 10.1. The van der Waals surface area contributed by atoms with Crippen molar-refractivity contribution in [3.63, 3.8) is 0 Å². The van der Waals surface area contributed by atoms with E-state index < -0.39 is 46.0 Å². The van der Waals surface area contributed by atoms with Crippen molar-refractivity contribution < 1.29 is 33.7 Å². The molecule has 282 valence electrons. The number of nitrogens with one attached hydrogen (secondary N) is 2. The fourth-order valence-corrected chi connectivity index (χ4v) is 11.0. The summed E-state index contributed by atoms with van der Waals surface area (Å²) in [5.41, 5.74) is -0.419. The Morgan fingerprint density at radius 2 is 0.696 bits per heavy atom. The van der Waals surface area contributed by atoms with Crippen molar-refractivity contribution in [3.05, 3.63) is 72.8 Å². The summed E-state index contributed by atoms with van der Waals surface area (Å²) in [5, 5.41) is 0.164. The number of rotatable bonds is 4. The molecule has 0 saturated carbocycles. The second kappa shape index (κ2) is 12.3. The fourth-order valence-electron chi connectivity index (χ4n) is 6.67. The zero-order valence-corrected chi connectivity index (χ0v) is 33.3. The van der Waals surface area contributed by atoms with Gasteiger partial charge in [-0.15, -0.1) is 0 Å². The highest BCUT2D eigenvalue weighted by Crippen LogP contribution is 2.43. The van der Waals surface area contributed by atoms with Crippen molar-refractivity contribution in [2.75, 3.05) is 0 Å². The van der Waals surface area contributed by atoms with Crippen LogP contribution in [0.25, 0.3) is 89.7 Å². The van der Waals surface area contributed by atoms with E-state index in [2.05, 4.69) is 39.9 Å². The molecule has 0 radical (unpaired) electrons. The average Bonchev–Trinajstić information content (AvgIpc) is 3.85.